The molecule has 2 aromatic carbocycles. The summed E-state index contributed by atoms with van der Waals surface area (Å²) in [6.07, 6.45) is 109. The topological polar surface area (TPSA) is 0 Å². The molecule has 0 nitrogen and oxygen atoms in total. The summed E-state index contributed by atoms with van der Waals surface area (Å²) in [5, 5.41) is 0. The van der Waals surface area contributed by atoms with Gasteiger partial charge >= 0.3 is 0 Å². The largest absolute Gasteiger partial charge is 0.0683 e. The lowest BCUT2D eigenvalue weighted by atomic mass is 9.51. The number of benzene rings is 2. The van der Waals surface area contributed by atoms with Crippen LogP contribution in [0.1, 0.15) is 636 Å². The summed E-state index contributed by atoms with van der Waals surface area (Å²) in [4.78, 5) is 0. The van der Waals surface area contributed by atoms with E-state index in [-0.39, 0.29) is 0 Å². The minimum atomic E-state index is 0.545. The van der Waals surface area contributed by atoms with Gasteiger partial charge in [0.1, 0.15) is 0 Å². The molecule has 16 fully saturated rings. The predicted molar refractivity (Wildman–Crippen MR) is 587 cm³/mol. The van der Waals surface area contributed by atoms with Crippen LogP contribution in [-0.4, -0.2) is 0 Å². The molecule has 0 spiro atoms. The van der Waals surface area contributed by atoms with Crippen molar-refractivity contribution in [1.29, 1.82) is 0 Å². The minimum Gasteiger partial charge on any atom is -0.0683 e. The first-order chi connectivity index (χ1) is 63.7. The SMILES string of the molecule is CC.CC.CCC12CCC(CC)(CC1)CC2.CCC1CCC(CC2CCC(CC)CC2)CC1.CCCC1(CCC)CCC(C2CCC(CC)CC2)CC1.CCCC1(CCC)CCC(C2CCC(CCC)(CCC)CC2)CC1.CCCC1(CCC)CCC(c2ccc(CC)cc2)CC1.CCCC1CC2C3CC(CCC)C(C3)C2C1.CCc1ccc(C23CCC(CC)(CC2)CC3)cc1. The van der Waals surface area contributed by atoms with Gasteiger partial charge in [0.2, 0.25) is 0 Å². The number of fused-ring (bicyclic) bond motifs is 11. The Balaban J connectivity index is 0.000000188. The lowest BCUT2D eigenvalue weighted by molar-refractivity contribution is -0.0134. The maximum atomic E-state index is 2.42. The number of hydrogen-bond donors (Lipinski definition) is 0. The van der Waals surface area contributed by atoms with Crippen molar-refractivity contribution in [3.8, 4) is 0 Å². The second-order valence-corrected chi connectivity index (χ2v) is 50.2. The van der Waals surface area contributed by atoms with Gasteiger partial charge in [-0.25, -0.2) is 0 Å². The van der Waals surface area contributed by atoms with Gasteiger partial charge < -0.3 is 0 Å². The van der Waals surface area contributed by atoms with Gasteiger partial charge in [-0.2, -0.15) is 0 Å². The van der Waals surface area contributed by atoms with E-state index in [2.05, 4.69) is 173 Å². The molecular weight excluding hydrogens is 1570 g/mol. The highest BCUT2D eigenvalue weighted by Crippen LogP contribution is 2.65. The maximum Gasteiger partial charge on any atom is -0.00464 e. The third-order valence-corrected chi connectivity index (χ3v) is 43.2. The minimum absolute atomic E-state index is 0.545. The molecule has 16 aliphatic carbocycles. The average Bonchev–Trinajstić information content (AvgIpc) is 1.70. The van der Waals surface area contributed by atoms with Crippen LogP contribution in [0, 0.1) is 127 Å². The Morgan fingerprint density at radius 2 is 0.527 bits per heavy atom. The number of hydrogen-bond acceptors (Lipinski definition) is 0. The van der Waals surface area contributed by atoms with Gasteiger partial charge in [0.05, 0.1) is 0 Å². The summed E-state index contributed by atoms with van der Waals surface area (Å²) in [7, 11) is 0. The van der Waals surface area contributed by atoms with Crippen LogP contribution in [0.25, 0.3) is 0 Å². The molecule has 0 saturated heterocycles. The van der Waals surface area contributed by atoms with Crippen LogP contribution in [-0.2, 0) is 18.3 Å². The molecule has 760 valence electrons. The maximum absolute atomic E-state index is 2.42. The molecule has 0 heterocycles. The molecule has 131 heavy (non-hydrogen) atoms. The average molecular weight is 1810 g/mol. The second-order valence-electron chi connectivity index (χ2n) is 50.2. The fourth-order valence-corrected chi connectivity index (χ4v) is 34.2. The molecule has 16 saturated carbocycles. The van der Waals surface area contributed by atoms with Crippen molar-refractivity contribution in [2.45, 2.75) is 632 Å². The lowest BCUT2D eigenvalue weighted by Crippen LogP contribution is -2.43. The quantitative estimate of drug-likeness (QED) is 0.0655. The van der Waals surface area contributed by atoms with E-state index in [1.807, 2.05) is 27.7 Å². The van der Waals surface area contributed by atoms with E-state index in [9.17, 15) is 0 Å². The molecule has 18 rings (SSSR count). The fraction of sp³-hybridized carbons (Fsp3) is 0.908. The van der Waals surface area contributed by atoms with E-state index in [1.54, 1.807) is 159 Å². The first-order valence-corrected chi connectivity index (χ1v) is 61.9. The van der Waals surface area contributed by atoms with Crippen LogP contribution in [0.5, 0.6) is 0 Å². The van der Waals surface area contributed by atoms with Crippen LogP contribution in [0.3, 0.4) is 0 Å². The molecule has 0 N–H and O–H groups in total. The van der Waals surface area contributed by atoms with Crippen molar-refractivity contribution >= 4 is 0 Å². The Labute approximate surface area is 824 Å². The van der Waals surface area contributed by atoms with E-state index in [1.165, 1.54) is 331 Å². The van der Waals surface area contributed by atoms with Gasteiger partial charge in [-0.3, -0.25) is 0 Å². The summed E-state index contributed by atoms with van der Waals surface area (Å²) >= 11 is 0. The van der Waals surface area contributed by atoms with Crippen LogP contribution >= 0.6 is 0 Å². The van der Waals surface area contributed by atoms with Gasteiger partial charge in [-0.05, 0) is 449 Å². The fourth-order valence-electron chi connectivity index (χ4n) is 34.2. The van der Waals surface area contributed by atoms with E-state index in [0.717, 1.165) is 128 Å². The van der Waals surface area contributed by atoms with Crippen molar-refractivity contribution in [3.05, 3.63) is 70.8 Å². The first kappa shape index (κ1) is 115. The Morgan fingerprint density at radius 1 is 0.237 bits per heavy atom. The zero-order chi connectivity index (χ0) is 94.8. The van der Waals surface area contributed by atoms with Crippen molar-refractivity contribution in [2.75, 3.05) is 0 Å². The summed E-state index contributed by atoms with van der Waals surface area (Å²) in [6.45, 7) is 50.6. The molecule has 6 bridgehead atoms. The van der Waals surface area contributed by atoms with Crippen LogP contribution in [0.2, 0.25) is 0 Å². The Kier molecular flexibility index (Phi) is 52.0. The summed E-state index contributed by atoms with van der Waals surface area (Å²) in [6, 6.07) is 19.0. The van der Waals surface area contributed by atoms with Crippen LogP contribution in [0.15, 0.2) is 48.5 Å². The van der Waals surface area contributed by atoms with Gasteiger partial charge in [0.15, 0.2) is 0 Å². The smallest absolute Gasteiger partial charge is 0.00464 e. The third kappa shape index (κ3) is 33.0. The highest BCUT2D eigenvalue weighted by atomic mass is 14.6. The normalized spacial score (nSPS) is 32.6. The molecule has 16 aliphatic rings. The predicted octanol–water partition coefficient (Wildman–Crippen LogP) is 44.2. The third-order valence-electron chi connectivity index (χ3n) is 43.2. The molecule has 0 radical (unpaired) electrons. The van der Waals surface area contributed by atoms with Gasteiger partial charge in [-0.1, -0.05) is 381 Å². The highest BCUT2D eigenvalue weighted by Gasteiger charge is 2.56. The van der Waals surface area contributed by atoms with Gasteiger partial charge in [0.25, 0.3) is 0 Å². The van der Waals surface area contributed by atoms with E-state index >= 15 is 0 Å². The van der Waals surface area contributed by atoms with Crippen molar-refractivity contribution in [3.63, 3.8) is 0 Å². The van der Waals surface area contributed by atoms with E-state index < -0.39 is 0 Å². The summed E-state index contributed by atoms with van der Waals surface area (Å²) < 4.78 is 0. The standard InChI is InChI=1S/C24H46.C20H38.C20H32.C18H26.C17H32.C16H28.C12H22.2C2H6/c1-5-13-23(14-6-2)17-9-21(10-18-23)22-11-19-24(15-7-3,16-8-4)20-12-22;2*1-4-13-20(14-5-2)15-11-19(12-16-20)18-9-7-17(6-3)8-10-18;1-3-15-5-7-16(8-6-15)18-12-9-17(4-2,10-13-18)11-14-18;1-3-14-5-9-16(10-6-14)13-17-11-7-15(4-2)8-12-17;1-3-5-11-7-14-13-9-12(6-4-2)15(10-13)16(14)8-11;1-3-11-5-8-12(4-2,9-6-11)10-7-11;2*1-2/h21-22H,5-20H2,1-4H3;17-19H,4-16H2,1-3H3;7-10,19H,4-6,11-16H2,1-3H3;5-8H,3-4,9-14H2,1-2H3;14-17H,3-13H2,1-2H3;11-16H,3-10H2,1-2H3;3-10H2,1-2H3;2*1-2H3. The highest BCUT2D eigenvalue weighted by molar-refractivity contribution is 5.32. The lowest BCUT2D eigenvalue weighted by Gasteiger charge is -2.54. The molecule has 6 unspecified atom stereocenters. The Bertz CT molecular complexity index is 2990. The molecule has 0 aliphatic heterocycles. The molecule has 0 amide bonds. The van der Waals surface area contributed by atoms with Crippen molar-refractivity contribution in [2.24, 2.45) is 127 Å². The number of aryl methyl sites for hydroxylation is 2. The molecule has 0 heteroatoms. The summed E-state index contributed by atoms with van der Waals surface area (Å²) in [5.74, 6) is 17.5. The van der Waals surface area contributed by atoms with Crippen LogP contribution < -0.4 is 0 Å². The Hall–Kier alpha value is -1.56. The zero-order valence-corrected chi connectivity index (χ0v) is 93.5. The van der Waals surface area contributed by atoms with Crippen LogP contribution in [0.4, 0.5) is 0 Å². The van der Waals surface area contributed by atoms with Crippen molar-refractivity contribution < 1.29 is 0 Å². The Morgan fingerprint density at radius 3 is 0.832 bits per heavy atom. The molecule has 2 aromatic rings. The molecular formula is C131H236. The first-order valence-electron chi connectivity index (χ1n) is 61.9. The zero-order valence-electron chi connectivity index (χ0n) is 93.5. The number of rotatable bonds is 34. The van der Waals surface area contributed by atoms with Gasteiger partial charge in [0, 0.05) is 0 Å². The molecule has 6 atom stereocenters. The van der Waals surface area contributed by atoms with E-state index in [0.29, 0.717) is 10.8 Å². The second kappa shape index (κ2) is 59.4. The van der Waals surface area contributed by atoms with Crippen molar-refractivity contribution in [1.82, 2.24) is 0 Å². The van der Waals surface area contributed by atoms with E-state index in [4.69, 9.17) is 0 Å². The summed E-state index contributed by atoms with van der Waals surface area (Å²) in [5.41, 5.74) is 12.0. The monoisotopic (exact) mass is 1810 g/mol. The molecule has 0 aromatic heterocycles. The van der Waals surface area contributed by atoms with Gasteiger partial charge in [-0.15, -0.1) is 0 Å².